The van der Waals surface area contributed by atoms with Crippen LogP contribution in [0.3, 0.4) is 0 Å². The molecule has 0 radical (unpaired) electrons. The summed E-state index contributed by atoms with van der Waals surface area (Å²) in [5.74, 6) is 0. The highest BCUT2D eigenvalue weighted by Gasteiger charge is 1.92. The molecule has 0 fully saturated rings. The van der Waals surface area contributed by atoms with Crippen LogP contribution in [0.25, 0.3) is 0 Å². The normalized spacial score (nSPS) is 12.5. The summed E-state index contributed by atoms with van der Waals surface area (Å²) in [6, 6.07) is 1.98. The van der Waals surface area contributed by atoms with Gasteiger partial charge >= 0.3 is 0 Å². The number of nitriles is 1. The molecule has 0 aliphatic heterocycles. The van der Waals surface area contributed by atoms with Crippen molar-refractivity contribution in [3.8, 4) is 6.07 Å². The van der Waals surface area contributed by atoms with Crippen molar-refractivity contribution in [2.24, 2.45) is 4.99 Å². The zero-order valence-electron chi connectivity index (χ0n) is 6.34. The number of allylic oxidation sites excluding steroid dienone is 2. The van der Waals surface area contributed by atoms with E-state index in [1.807, 2.05) is 6.07 Å². The van der Waals surface area contributed by atoms with Crippen molar-refractivity contribution in [2.45, 2.75) is 13.3 Å². The molecule has 58 valence electrons. The van der Waals surface area contributed by atoms with E-state index in [2.05, 4.69) is 11.6 Å². The van der Waals surface area contributed by atoms with Gasteiger partial charge in [-0.15, -0.1) is 0 Å². The van der Waals surface area contributed by atoms with E-state index in [-0.39, 0.29) is 6.42 Å². The number of hydrogen-bond acceptors (Lipinski definition) is 2. The minimum atomic E-state index is 0.260. The number of aliphatic imine (C=N–C) groups is 1. The Morgan fingerprint density at radius 2 is 2.45 bits per heavy atom. The highest BCUT2D eigenvalue weighted by Crippen LogP contribution is 2.00. The molecule has 0 saturated carbocycles. The molecule has 0 saturated heterocycles. The Balaban J connectivity index is 4.38. The summed E-state index contributed by atoms with van der Waals surface area (Å²) in [7, 11) is 0. The van der Waals surface area contributed by atoms with Crippen molar-refractivity contribution in [1.82, 2.24) is 0 Å². The number of rotatable bonds is 3. The van der Waals surface area contributed by atoms with Crippen molar-refractivity contribution in [3.05, 3.63) is 23.9 Å². The molecule has 0 spiro atoms. The molecule has 3 heteroatoms. The van der Waals surface area contributed by atoms with Crippen LogP contribution < -0.4 is 0 Å². The van der Waals surface area contributed by atoms with E-state index < -0.39 is 0 Å². The summed E-state index contributed by atoms with van der Waals surface area (Å²) < 4.78 is 0. The van der Waals surface area contributed by atoms with E-state index in [1.165, 1.54) is 6.20 Å². The van der Waals surface area contributed by atoms with Crippen LogP contribution in [0.4, 0.5) is 0 Å². The maximum Gasteiger partial charge on any atom is 0.0775 e. The number of halogens is 1. The first-order chi connectivity index (χ1) is 5.20. The molecule has 0 rings (SSSR count). The Hall–Kier alpha value is -1.07. The summed E-state index contributed by atoms with van der Waals surface area (Å²) in [6.45, 7) is 5.15. The van der Waals surface area contributed by atoms with Gasteiger partial charge in [-0.1, -0.05) is 18.2 Å². The molecule has 0 heterocycles. The van der Waals surface area contributed by atoms with Gasteiger partial charge in [-0.2, -0.15) is 5.26 Å². The fourth-order valence-electron chi connectivity index (χ4n) is 0.562. The fraction of sp³-hybridized carbons (Fsp3) is 0.250. The van der Waals surface area contributed by atoms with Crippen molar-refractivity contribution in [3.63, 3.8) is 0 Å². The fourth-order valence-corrected chi connectivity index (χ4v) is 0.688. The van der Waals surface area contributed by atoms with Gasteiger partial charge in [-0.05, 0) is 13.0 Å². The van der Waals surface area contributed by atoms with Crippen LogP contribution in [0, 0.1) is 11.3 Å². The van der Waals surface area contributed by atoms with Gasteiger partial charge in [0.15, 0.2) is 0 Å². The van der Waals surface area contributed by atoms with E-state index in [4.69, 9.17) is 16.9 Å². The van der Waals surface area contributed by atoms with Crippen LogP contribution >= 0.6 is 11.6 Å². The highest BCUT2D eigenvalue weighted by atomic mass is 35.5. The van der Waals surface area contributed by atoms with Gasteiger partial charge in [0.2, 0.25) is 0 Å². The van der Waals surface area contributed by atoms with Gasteiger partial charge in [-0.3, -0.25) is 4.99 Å². The van der Waals surface area contributed by atoms with Gasteiger partial charge in [0, 0.05) is 11.2 Å². The Kier molecular flexibility index (Phi) is 5.14. The second-order valence-corrected chi connectivity index (χ2v) is 2.47. The first-order valence-corrected chi connectivity index (χ1v) is 3.47. The molecule has 0 N–H and O–H groups in total. The first kappa shape index (κ1) is 9.93. The molecular formula is C8H9ClN2. The van der Waals surface area contributed by atoms with Crippen molar-refractivity contribution in [2.75, 3.05) is 0 Å². The summed E-state index contributed by atoms with van der Waals surface area (Å²) in [5, 5.41) is 8.95. The van der Waals surface area contributed by atoms with Gasteiger partial charge in [0.05, 0.1) is 18.2 Å². The van der Waals surface area contributed by atoms with Gasteiger partial charge < -0.3 is 0 Å². The average molecular weight is 169 g/mol. The van der Waals surface area contributed by atoms with Crippen LogP contribution in [-0.2, 0) is 0 Å². The van der Waals surface area contributed by atoms with Gasteiger partial charge in [0.1, 0.15) is 0 Å². The standard InChI is InChI=1S/C8H9ClN2/c1-3-11-8(4-5-10)6-7(2)9/h3,6H,1,4H2,2H3/b7-6+,11-8?. The second kappa shape index (κ2) is 5.70. The topological polar surface area (TPSA) is 36.1 Å². The minimum Gasteiger partial charge on any atom is -0.261 e. The third-order valence-corrected chi connectivity index (χ3v) is 0.992. The van der Waals surface area contributed by atoms with Crippen LogP contribution in [-0.4, -0.2) is 5.71 Å². The van der Waals surface area contributed by atoms with Crippen molar-refractivity contribution >= 4 is 17.3 Å². The molecule has 0 amide bonds. The molecule has 0 aliphatic carbocycles. The van der Waals surface area contributed by atoms with E-state index in [0.29, 0.717) is 10.7 Å². The first-order valence-electron chi connectivity index (χ1n) is 3.09. The van der Waals surface area contributed by atoms with Crippen LogP contribution in [0.2, 0.25) is 0 Å². The molecular weight excluding hydrogens is 160 g/mol. The molecule has 0 atom stereocenters. The van der Waals surface area contributed by atoms with E-state index in [1.54, 1.807) is 13.0 Å². The van der Waals surface area contributed by atoms with E-state index in [0.717, 1.165) is 0 Å². The van der Waals surface area contributed by atoms with Crippen molar-refractivity contribution in [1.29, 1.82) is 5.26 Å². The lowest BCUT2D eigenvalue weighted by Crippen LogP contribution is -1.90. The summed E-state index contributed by atoms with van der Waals surface area (Å²) in [4.78, 5) is 3.85. The zero-order valence-corrected chi connectivity index (χ0v) is 7.10. The Morgan fingerprint density at radius 3 is 2.82 bits per heavy atom. The van der Waals surface area contributed by atoms with Crippen LogP contribution in [0.15, 0.2) is 28.9 Å². The predicted molar refractivity (Wildman–Crippen MR) is 47.5 cm³/mol. The third-order valence-electron chi connectivity index (χ3n) is 0.883. The van der Waals surface area contributed by atoms with E-state index >= 15 is 0 Å². The number of hydrogen-bond donors (Lipinski definition) is 0. The quantitative estimate of drug-likeness (QED) is 0.597. The molecule has 0 aromatic carbocycles. The van der Waals surface area contributed by atoms with Gasteiger partial charge in [-0.25, -0.2) is 0 Å². The van der Waals surface area contributed by atoms with E-state index in [9.17, 15) is 0 Å². The smallest absolute Gasteiger partial charge is 0.0775 e. The molecule has 0 aromatic heterocycles. The summed E-state index contributed by atoms with van der Waals surface area (Å²) in [5.41, 5.74) is 0.634. The SMILES string of the molecule is C=CN=C(/C=C(\C)Cl)CC#N. The Bertz CT molecular complexity index is 229. The maximum atomic E-state index is 8.34. The zero-order chi connectivity index (χ0) is 8.69. The Labute approximate surface area is 71.5 Å². The average Bonchev–Trinajstić information content (AvgIpc) is 1.87. The maximum absolute atomic E-state index is 8.34. The molecule has 0 bridgehead atoms. The lowest BCUT2D eigenvalue weighted by atomic mass is 10.2. The van der Waals surface area contributed by atoms with Crippen LogP contribution in [0.1, 0.15) is 13.3 Å². The summed E-state index contributed by atoms with van der Waals surface area (Å²) >= 11 is 5.58. The number of nitrogens with zero attached hydrogens (tertiary/aromatic N) is 2. The predicted octanol–water partition coefficient (Wildman–Crippen LogP) is 2.63. The van der Waals surface area contributed by atoms with Crippen molar-refractivity contribution < 1.29 is 0 Å². The van der Waals surface area contributed by atoms with Gasteiger partial charge in [0.25, 0.3) is 0 Å². The molecule has 2 nitrogen and oxygen atoms in total. The largest absolute Gasteiger partial charge is 0.261 e. The molecule has 0 aromatic rings. The molecule has 0 unspecified atom stereocenters. The third kappa shape index (κ3) is 5.38. The lowest BCUT2D eigenvalue weighted by molar-refractivity contribution is 1.38. The highest BCUT2D eigenvalue weighted by molar-refractivity contribution is 6.31. The molecule has 11 heavy (non-hydrogen) atoms. The lowest BCUT2D eigenvalue weighted by Gasteiger charge is -1.91. The molecule has 0 aliphatic rings. The monoisotopic (exact) mass is 168 g/mol. The minimum absolute atomic E-state index is 0.260. The summed E-state index contributed by atoms with van der Waals surface area (Å²) in [6.07, 6.45) is 3.30. The van der Waals surface area contributed by atoms with Crippen LogP contribution in [0.5, 0.6) is 0 Å². The second-order valence-electron chi connectivity index (χ2n) is 1.87. The Morgan fingerprint density at radius 1 is 1.82 bits per heavy atom.